The van der Waals surface area contributed by atoms with E-state index in [4.69, 9.17) is 4.74 Å². The molecule has 0 radical (unpaired) electrons. The Labute approximate surface area is 152 Å². The predicted molar refractivity (Wildman–Crippen MR) is 98.4 cm³/mol. The monoisotopic (exact) mass is 352 g/mol. The Hall–Kier alpha value is -3.08. The number of carbonyl (C=O) groups excluding carboxylic acids is 1. The number of carbonyl (C=O) groups is 1. The van der Waals surface area contributed by atoms with Crippen LogP contribution in [0.15, 0.2) is 73.1 Å². The van der Waals surface area contributed by atoms with Crippen LogP contribution in [0, 0.1) is 5.82 Å². The number of hydrogen-bond donors (Lipinski definition) is 1. The van der Waals surface area contributed by atoms with E-state index in [2.05, 4.69) is 5.32 Å². The fraction of sp³-hybridized carbons (Fsp3) is 0.190. The van der Waals surface area contributed by atoms with Gasteiger partial charge in [-0.3, -0.25) is 4.79 Å². The van der Waals surface area contributed by atoms with Gasteiger partial charge in [-0.2, -0.15) is 0 Å². The predicted octanol–water partition coefficient (Wildman–Crippen LogP) is 3.93. The van der Waals surface area contributed by atoms with E-state index in [0.717, 1.165) is 16.9 Å². The maximum absolute atomic E-state index is 13.0. The topological polar surface area (TPSA) is 43.3 Å². The number of nitrogens with one attached hydrogen (secondary N) is 1. The molecule has 0 saturated carbocycles. The number of methoxy groups -OCH3 is 1. The molecule has 134 valence electrons. The lowest BCUT2D eigenvalue weighted by molar-refractivity contribution is -0.121. The molecule has 3 aromatic rings. The molecule has 1 heterocycles. The molecule has 1 N–H and O–H groups in total. The molecule has 5 heteroatoms. The maximum atomic E-state index is 13.0. The lowest BCUT2D eigenvalue weighted by Gasteiger charge is -2.19. The van der Waals surface area contributed by atoms with E-state index in [-0.39, 0.29) is 17.8 Å². The molecule has 1 aromatic heterocycles. The van der Waals surface area contributed by atoms with Crippen molar-refractivity contribution >= 4 is 5.91 Å². The third-order valence-electron chi connectivity index (χ3n) is 4.27. The minimum Gasteiger partial charge on any atom is -0.497 e. The molecule has 3 rings (SSSR count). The lowest BCUT2D eigenvalue weighted by Crippen LogP contribution is -2.26. The number of halogens is 1. The number of benzene rings is 2. The van der Waals surface area contributed by atoms with Gasteiger partial charge >= 0.3 is 0 Å². The molecule has 1 atom stereocenters. The van der Waals surface area contributed by atoms with Crippen LogP contribution in [-0.4, -0.2) is 17.6 Å². The fourth-order valence-electron chi connectivity index (χ4n) is 2.83. The molecule has 1 amide bonds. The zero-order valence-corrected chi connectivity index (χ0v) is 14.6. The van der Waals surface area contributed by atoms with Gasteiger partial charge in [0.1, 0.15) is 11.6 Å². The zero-order valence-electron chi connectivity index (χ0n) is 14.6. The summed E-state index contributed by atoms with van der Waals surface area (Å²) in [6.07, 6.45) is 4.20. The fourth-order valence-corrected chi connectivity index (χ4v) is 2.83. The highest BCUT2D eigenvalue weighted by molar-refractivity contribution is 5.76. The van der Waals surface area contributed by atoms with Crippen molar-refractivity contribution in [1.82, 2.24) is 9.88 Å². The second kappa shape index (κ2) is 8.34. The molecular weight excluding hydrogens is 331 g/mol. The van der Waals surface area contributed by atoms with Gasteiger partial charge in [-0.25, -0.2) is 4.39 Å². The van der Waals surface area contributed by atoms with Crippen LogP contribution < -0.4 is 10.1 Å². The normalized spacial score (nSPS) is 11.8. The summed E-state index contributed by atoms with van der Waals surface area (Å²) in [5.74, 6) is 0.428. The third kappa shape index (κ3) is 4.51. The Morgan fingerprint density at radius 2 is 1.73 bits per heavy atom. The summed E-state index contributed by atoms with van der Waals surface area (Å²) >= 11 is 0. The van der Waals surface area contributed by atoms with Gasteiger partial charge in [0.05, 0.1) is 19.6 Å². The van der Waals surface area contributed by atoms with Crippen molar-refractivity contribution in [3.05, 3.63) is 90.0 Å². The summed E-state index contributed by atoms with van der Waals surface area (Å²) in [5, 5.41) is 2.90. The average molecular weight is 352 g/mol. The van der Waals surface area contributed by atoms with Gasteiger partial charge in [0.2, 0.25) is 5.91 Å². The zero-order chi connectivity index (χ0) is 18.4. The highest BCUT2D eigenvalue weighted by Gasteiger charge is 2.17. The number of hydrogen-bond acceptors (Lipinski definition) is 2. The standard InChI is InChI=1S/C21H21FN2O2/c1-26-19-10-6-17(7-11-19)20(24-12-2-3-13-24)14-21(25)23-15-16-4-8-18(22)9-5-16/h2-13,20H,14-15H2,1H3,(H,23,25)/t20-/m0/s1. The van der Waals surface area contributed by atoms with Crippen LogP contribution in [0.25, 0.3) is 0 Å². The van der Waals surface area contributed by atoms with E-state index in [1.165, 1.54) is 12.1 Å². The van der Waals surface area contributed by atoms with Crippen LogP contribution in [0.1, 0.15) is 23.6 Å². The van der Waals surface area contributed by atoms with E-state index in [1.807, 2.05) is 53.4 Å². The van der Waals surface area contributed by atoms with Gasteiger partial charge in [0.25, 0.3) is 0 Å². The molecule has 0 aliphatic carbocycles. The lowest BCUT2D eigenvalue weighted by atomic mass is 10.0. The van der Waals surface area contributed by atoms with Crippen molar-refractivity contribution in [2.24, 2.45) is 0 Å². The van der Waals surface area contributed by atoms with Crippen LogP contribution in [0.4, 0.5) is 4.39 Å². The molecule has 2 aromatic carbocycles. The molecule has 4 nitrogen and oxygen atoms in total. The average Bonchev–Trinajstić information content (AvgIpc) is 3.20. The summed E-state index contributed by atoms with van der Waals surface area (Å²) < 4.78 is 20.2. The molecular formula is C21H21FN2O2. The molecule has 0 bridgehead atoms. The first-order valence-corrected chi connectivity index (χ1v) is 8.43. The Bertz CT molecular complexity index is 827. The minimum atomic E-state index is -0.285. The molecule has 0 aliphatic rings. The van der Waals surface area contributed by atoms with E-state index < -0.39 is 0 Å². The summed E-state index contributed by atoms with van der Waals surface area (Å²) in [5.41, 5.74) is 1.89. The van der Waals surface area contributed by atoms with Crippen LogP contribution in [0.3, 0.4) is 0 Å². The first kappa shape index (κ1) is 17.7. The van der Waals surface area contributed by atoms with Crippen molar-refractivity contribution in [2.75, 3.05) is 7.11 Å². The van der Waals surface area contributed by atoms with Crippen molar-refractivity contribution in [1.29, 1.82) is 0 Å². The quantitative estimate of drug-likeness (QED) is 0.700. The summed E-state index contributed by atoms with van der Waals surface area (Å²) in [6.45, 7) is 0.375. The van der Waals surface area contributed by atoms with E-state index >= 15 is 0 Å². The van der Waals surface area contributed by atoms with Gasteiger partial charge in [0.15, 0.2) is 0 Å². The van der Waals surface area contributed by atoms with Crippen molar-refractivity contribution in [3.63, 3.8) is 0 Å². The van der Waals surface area contributed by atoms with E-state index in [9.17, 15) is 9.18 Å². The first-order chi connectivity index (χ1) is 12.7. The smallest absolute Gasteiger partial charge is 0.222 e. The molecule has 0 unspecified atom stereocenters. The third-order valence-corrected chi connectivity index (χ3v) is 4.27. The van der Waals surface area contributed by atoms with E-state index in [0.29, 0.717) is 13.0 Å². The summed E-state index contributed by atoms with van der Waals surface area (Å²) in [6, 6.07) is 17.6. The highest BCUT2D eigenvalue weighted by Crippen LogP contribution is 2.24. The maximum Gasteiger partial charge on any atom is 0.222 e. The van der Waals surface area contributed by atoms with Crippen LogP contribution >= 0.6 is 0 Å². The number of ether oxygens (including phenoxy) is 1. The minimum absolute atomic E-state index is 0.0659. The number of aromatic nitrogens is 1. The first-order valence-electron chi connectivity index (χ1n) is 8.43. The number of rotatable bonds is 7. The molecule has 0 saturated heterocycles. The molecule has 0 aliphatic heterocycles. The second-order valence-corrected chi connectivity index (χ2v) is 6.03. The van der Waals surface area contributed by atoms with E-state index in [1.54, 1.807) is 19.2 Å². The Balaban J connectivity index is 1.69. The van der Waals surface area contributed by atoms with Crippen molar-refractivity contribution < 1.29 is 13.9 Å². The number of amides is 1. The van der Waals surface area contributed by atoms with Crippen molar-refractivity contribution in [3.8, 4) is 5.75 Å². The highest BCUT2D eigenvalue weighted by atomic mass is 19.1. The van der Waals surface area contributed by atoms with Gasteiger partial charge in [-0.15, -0.1) is 0 Å². The molecule has 0 fully saturated rings. The molecule has 26 heavy (non-hydrogen) atoms. The largest absolute Gasteiger partial charge is 0.497 e. The van der Waals surface area contributed by atoms with Crippen molar-refractivity contribution in [2.45, 2.75) is 19.0 Å². The summed E-state index contributed by atoms with van der Waals surface area (Å²) in [7, 11) is 1.63. The van der Waals surface area contributed by atoms with Gasteiger partial charge in [-0.1, -0.05) is 24.3 Å². The van der Waals surface area contributed by atoms with Gasteiger partial charge in [0, 0.05) is 18.9 Å². The van der Waals surface area contributed by atoms with Crippen LogP contribution in [0.2, 0.25) is 0 Å². The second-order valence-electron chi connectivity index (χ2n) is 6.03. The van der Waals surface area contributed by atoms with Crippen LogP contribution in [-0.2, 0) is 11.3 Å². The Kier molecular flexibility index (Phi) is 5.69. The summed E-state index contributed by atoms with van der Waals surface area (Å²) in [4.78, 5) is 12.5. The SMILES string of the molecule is COc1ccc([C@H](CC(=O)NCc2ccc(F)cc2)n2cccc2)cc1. The Morgan fingerprint density at radius 1 is 1.08 bits per heavy atom. The number of nitrogens with zero attached hydrogens (tertiary/aromatic N) is 1. The van der Waals surface area contributed by atoms with Gasteiger partial charge in [-0.05, 0) is 47.5 Å². The molecule has 0 spiro atoms. The van der Waals surface area contributed by atoms with Gasteiger partial charge < -0.3 is 14.6 Å². The van der Waals surface area contributed by atoms with Crippen LogP contribution in [0.5, 0.6) is 5.75 Å². The Morgan fingerprint density at radius 3 is 2.35 bits per heavy atom.